The molecule has 0 unspecified atom stereocenters. The molecule has 0 heterocycles. The molecule has 0 aliphatic carbocycles. The number of rotatable bonds is 4. The van der Waals surface area contributed by atoms with Crippen molar-refractivity contribution < 1.29 is 4.84 Å². The Morgan fingerprint density at radius 2 is 1.50 bits per heavy atom. The summed E-state index contributed by atoms with van der Waals surface area (Å²) in [6.07, 6.45) is 1.79. The molecule has 0 atom stereocenters. The summed E-state index contributed by atoms with van der Waals surface area (Å²) in [5.41, 5.74) is 5.13. The largest absolute Gasteiger partial charge is 0.264 e. The number of amidine groups is 1. The molecule has 0 radical (unpaired) electrons. The molecule has 104 valence electrons. The summed E-state index contributed by atoms with van der Waals surface area (Å²) in [7, 11) is 1.74. The van der Waals surface area contributed by atoms with E-state index < -0.39 is 0 Å². The molecule has 1 N–H and O–H groups in total. The Morgan fingerprint density at radius 1 is 1.00 bits per heavy atom. The maximum Gasteiger partial charge on any atom is 0.180 e. The monoisotopic (exact) mass is 286 g/mol. The predicted octanol–water partition coefficient (Wildman–Crippen LogP) is 3.65. The van der Waals surface area contributed by atoms with Crippen molar-refractivity contribution >= 4 is 16.9 Å². The van der Waals surface area contributed by atoms with E-state index in [2.05, 4.69) is 34.7 Å². The van der Waals surface area contributed by atoms with Crippen LogP contribution in [0.3, 0.4) is 0 Å². The summed E-state index contributed by atoms with van der Waals surface area (Å²) in [6, 6.07) is 20.3. The second-order valence-electron chi connectivity index (χ2n) is 4.15. The fraction of sp³-hybridized carbons (Fsp3) is 0.188. The summed E-state index contributed by atoms with van der Waals surface area (Å²) in [5.74, 6) is 0. The molecule has 0 saturated heterocycles. The Kier molecular flexibility index (Phi) is 5.65. The summed E-state index contributed by atoms with van der Waals surface area (Å²) in [6.45, 7) is 0. The van der Waals surface area contributed by atoms with Gasteiger partial charge in [0.25, 0.3) is 0 Å². The molecule has 0 fully saturated rings. The van der Waals surface area contributed by atoms with Crippen LogP contribution in [0.2, 0.25) is 0 Å². The molecule has 0 aliphatic heterocycles. The van der Waals surface area contributed by atoms with Crippen LogP contribution in [0.1, 0.15) is 17.2 Å². The molecule has 2 rings (SSSR count). The quantitative estimate of drug-likeness (QED) is 0.529. The van der Waals surface area contributed by atoms with Crippen LogP contribution >= 0.6 is 11.8 Å². The second-order valence-corrected chi connectivity index (χ2v) is 4.95. The molecular weight excluding hydrogens is 268 g/mol. The molecule has 0 spiro atoms. The average Bonchev–Trinajstić information content (AvgIpc) is 2.53. The smallest absolute Gasteiger partial charge is 0.180 e. The number of benzene rings is 2. The van der Waals surface area contributed by atoms with Gasteiger partial charge in [-0.2, -0.15) is 0 Å². The standard InChI is InChI=1S/C16H18N2OS/c1-17-16(20-2)18-19-15(13-9-5-3-6-10-13)14-11-7-4-8-12-14/h3-12,15H,1-2H3,(H,17,18). The van der Waals surface area contributed by atoms with E-state index in [1.807, 2.05) is 42.7 Å². The highest BCUT2D eigenvalue weighted by molar-refractivity contribution is 8.13. The molecule has 20 heavy (non-hydrogen) atoms. The Balaban J connectivity index is 2.22. The second kappa shape index (κ2) is 7.72. The van der Waals surface area contributed by atoms with Crippen molar-refractivity contribution in [2.45, 2.75) is 6.10 Å². The molecule has 0 aromatic heterocycles. The van der Waals surface area contributed by atoms with Crippen LogP contribution in [-0.2, 0) is 4.84 Å². The van der Waals surface area contributed by atoms with Crippen LogP contribution in [0, 0.1) is 0 Å². The lowest BCUT2D eigenvalue weighted by molar-refractivity contribution is 0.0356. The lowest BCUT2D eigenvalue weighted by atomic mass is 10.0. The van der Waals surface area contributed by atoms with Gasteiger partial charge in [0.05, 0.1) is 0 Å². The fourth-order valence-corrected chi connectivity index (χ4v) is 2.19. The van der Waals surface area contributed by atoms with Crippen molar-refractivity contribution in [2.75, 3.05) is 13.3 Å². The Morgan fingerprint density at radius 3 is 1.90 bits per heavy atom. The van der Waals surface area contributed by atoms with Gasteiger partial charge in [-0.25, -0.2) is 5.48 Å². The molecule has 0 bridgehead atoms. The van der Waals surface area contributed by atoms with Gasteiger partial charge in [0, 0.05) is 7.05 Å². The zero-order chi connectivity index (χ0) is 14.2. The van der Waals surface area contributed by atoms with Crippen LogP contribution in [0.5, 0.6) is 0 Å². The Labute approximate surface area is 124 Å². The molecule has 2 aromatic rings. The average molecular weight is 286 g/mol. The first-order valence-corrected chi connectivity index (χ1v) is 7.60. The van der Waals surface area contributed by atoms with Crippen LogP contribution in [-0.4, -0.2) is 18.5 Å². The van der Waals surface area contributed by atoms with Gasteiger partial charge in [0.15, 0.2) is 5.17 Å². The minimum atomic E-state index is -0.165. The predicted molar refractivity (Wildman–Crippen MR) is 85.8 cm³/mol. The highest BCUT2D eigenvalue weighted by Crippen LogP contribution is 2.24. The number of hydrogen-bond donors (Lipinski definition) is 1. The first-order valence-electron chi connectivity index (χ1n) is 6.37. The molecule has 2 aromatic carbocycles. The molecule has 0 amide bonds. The number of nitrogens with one attached hydrogen (secondary N) is 1. The highest BCUT2D eigenvalue weighted by atomic mass is 32.2. The van der Waals surface area contributed by atoms with E-state index in [0.29, 0.717) is 0 Å². The van der Waals surface area contributed by atoms with Crippen LogP contribution in [0.4, 0.5) is 0 Å². The van der Waals surface area contributed by atoms with Gasteiger partial charge in [-0.15, -0.1) is 0 Å². The Bertz CT molecular complexity index is 503. The topological polar surface area (TPSA) is 33.6 Å². The number of hydrogen-bond acceptors (Lipinski definition) is 3. The summed E-state index contributed by atoms with van der Waals surface area (Å²) in [4.78, 5) is 9.97. The molecule has 3 nitrogen and oxygen atoms in total. The van der Waals surface area contributed by atoms with Gasteiger partial charge in [-0.3, -0.25) is 9.83 Å². The van der Waals surface area contributed by atoms with Crippen LogP contribution < -0.4 is 5.48 Å². The van der Waals surface area contributed by atoms with E-state index in [1.54, 1.807) is 7.05 Å². The zero-order valence-electron chi connectivity index (χ0n) is 11.6. The number of thioether (sulfide) groups is 1. The first kappa shape index (κ1) is 14.6. The van der Waals surface area contributed by atoms with Crippen molar-refractivity contribution in [1.82, 2.24) is 5.48 Å². The van der Waals surface area contributed by atoms with E-state index in [-0.39, 0.29) is 6.10 Å². The zero-order valence-corrected chi connectivity index (χ0v) is 12.4. The molecular formula is C16H18N2OS. The number of nitrogens with zero attached hydrogens (tertiary/aromatic N) is 1. The minimum Gasteiger partial charge on any atom is -0.264 e. The lowest BCUT2D eigenvalue weighted by Gasteiger charge is -2.19. The number of aliphatic imine (C=N–C) groups is 1. The highest BCUT2D eigenvalue weighted by Gasteiger charge is 2.15. The van der Waals surface area contributed by atoms with Crippen molar-refractivity contribution in [3.8, 4) is 0 Å². The van der Waals surface area contributed by atoms with Crippen molar-refractivity contribution in [1.29, 1.82) is 0 Å². The molecule has 4 heteroatoms. The summed E-state index contributed by atoms with van der Waals surface area (Å²) >= 11 is 1.52. The van der Waals surface area contributed by atoms with E-state index >= 15 is 0 Å². The van der Waals surface area contributed by atoms with Gasteiger partial charge in [-0.1, -0.05) is 72.4 Å². The first-order chi connectivity index (χ1) is 9.85. The van der Waals surface area contributed by atoms with Crippen molar-refractivity contribution in [3.05, 3.63) is 71.8 Å². The van der Waals surface area contributed by atoms with Gasteiger partial charge >= 0.3 is 0 Å². The van der Waals surface area contributed by atoms with E-state index in [4.69, 9.17) is 4.84 Å². The molecule has 0 saturated carbocycles. The van der Waals surface area contributed by atoms with Gasteiger partial charge in [-0.05, 0) is 17.4 Å². The van der Waals surface area contributed by atoms with Crippen molar-refractivity contribution in [3.63, 3.8) is 0 Å². The number of hydroxylamine groups is 1. The third-order valence-corrected chi connectivity index (χ3v) is 3.52. The minimum absolute atomic E-state index is 0.165. The molecule has 0 aliphatic rings. The maximum atomic E-state index is 5.86. The fourth-order valence-electron chi connectivity index (χ4n) is 1.87. The summed E-state index contributed by atoms with van der Waals surface area (Å²) < 4.78 is 0. The third-order valence-electron chi connectivity index (χ3n) is 2.87. The summed E-state index contributed by atoms with van der Waals surface area (Å²) in [5, 5.41) is 0.752. The Hall–Kier alpha value is -1.78. The third kappa shape index (κ3) is 3.85. The van der Waals surface area contributed by atoms with Gasteiger partial charge in [0.1, 0.15) is 6.10 Å². The van der Waals surface area contributed by atoms with Crippen LogP contribution in [0.15, 0.2) is 65.7 Å². The van der Waals surface area contributed by atoms with E-state index in [9.17, 15) is 0 Å². The van der Waals surface area contributed by atoms with Crippen molar-refractivity contribution in [2.24, 2.45) is 4.99 Å². The maximum absolute atomic E-state index is 5.86. The lowest BCUT2D eigenvalue weighted by Crippen LogP contribution is -2.24. The van der Waals surface area contributed by atoms with Gasteiger partial charge < -0.3 is 0 Å². The van der Waals surface area contributed by atoms with Crippen LogP contribution in [0.25, 0.3) is 0 Å². The van der Waals surface area contributed by atoms with Gasteiger partial charge in [0.2, 0.25) is 0 Å². The van der Waals surface area contributed by atoms with E-state index in [0.717, 1.165) is 16.3 Å². The normalized spacial score (nSPS) is 11.7. The van der Waals surface area contributed by atoms with E-state index in [1.165, 1.54) is 11.8 Å². The SMILES string of the molecule is CN=C(NOC(c1ccccc1)c1ccccc1)SC.